The van der Waals surface area contributed by atoms with Gasteiger partial charge >= 0.3 is 0 Å². The molecule has 1 atom stereocenters. The molecule has 0 radical (unpaired) electrons. The van der Waals surface area contributed by atoms with Crippen LogP contribution in [-0.2, 0) is 0 Å². The molecule has 84 valence electrons. The van der Waals surface area contributed by atoms with Crippen LogP contribution in [0.1, 0.15) is 38.9 Å². The van der Waals surface area contributed by atoms with Crippen LogP contribution in [0.15, 0.2) is 18.3 Å². The van der Waals surface area contributed by atoms with E-state index in [1.807, 2.05) is 12.1 Å². The molecule has 0 aliphatic heterocycles. The summed E-state index contributed by atoms with van der Waals surface area (Å²) in [4.78, 5) is 4.28. The van der Waals surface area contributed by atoms with Gasteiger partial charge in [-0.05, 0) is 24.5 Å². The van der Waals surface area contributed by atoms with Gasteiger partial charge < -0.3 is 10.5 Å². The Bertz CT molecular complexity index is 282. The van der Waals surface area contributed by atoms with E-state index >= 15 is 0 Å². The lowest BCUT2D eigenvalue weighted by atomic mass is 10.1. The zero-order valence-corrected chi connectivity index (χ0v) is 9.73. The SMILES string of the molecule is CC[C@@H](N)c1ccc(OCC(C)C)cn1. The Kier molecular flexibility index (Phi) is 4.56. The number of hydrogen-bond acceptors (Lipinski definition) is 3. The summed E-state index contributed by atoms with van der Waals surface area (Å²) in [6.45, 7) is 7.01. The highest BCUT2D eigenvalue weighted by Crippen LogP contribution is 2.15. The summed E-state index contributed by atoms with van der Waals surface area (Å²) in [5.74, 6) is 1.35. The van der Waals surface area contributed by atoms with Crippen molar-refractivity contribution in [3.63, 3.8) is 0 Å². The van der Waals surface area contributed by atoms with E-state index in [2.05, 4.69) is 25.8 Å². The van der Waals surface area contributed by atoms with Crippen molar-refractivity contribution < 1.29 is 4.74 Å². The maximum absolute atomic E-state index is 5.86. The maximum atomic E-state index is 5.86. The van der Waals surface area contributed by atoms with E-state index in [1.165, 1.54) is 0 Å². The molecule has 0 bridgehead atoms. The van der Waals surface area contributed by atoms with Gasteiger partial charge in [0.15, 0.2) is 0 Å². The van der Waals surface area contributed by atoms with Gasteiger partial charge in [0.05, 0.1) is 18.5 Å². The fourth-order valence-corrected chi connectivity index (χ4v) is 1.17. The molecule has 15 heavy (non-hydrogen) atoms. The molecule has 1 rings (SSSR count). The van der Waals surface area contributed by atoms with Gasteiger partial charge in [-0.15, -0.1) is 0 Å². The maximum Gasteiger partial charge on any atom is 0.137 e. The molecule has 0 aliphatic carbocycles. The number of ether oxygens (including phenoxy) is 1. The molecule has 2 N–H and O–H groups in total. The molecule has 0 unspecified atom stereocenters. The number of nitrogens with zero attached hydrogens (tertiary/aromatic N) is 1. The highest BCUT2D eigenvalue weighted by molar-refractivity contribution is 5.21. The van der Waals surface area contributed by atoms with Gasteiger partial charge in [0.1, 0.15) is 5.75 Å². The van der Waals surface area contributed by atoms with Crippen LogP contribution in [0.5, 0.6) is 5.75 Å². The predicted octanol–water partition coefficient (Wildman–Crippen LogP) is 2.53. The van der Waals surface area contributed by atoms with Crippen LogP contribution in [0.3, 0.4) is 0 Å². The first-order valence-electron chi connectivity index (χ1n) is 5.47. The van der Waals surface area contributed by atoms with Crippen LogP contribution in [-0.4, -0.2) is 11.6 Å². The third kappa shape index (κ3) is 3.88. The van der Waals surface area contributed by atoms with Crippen LogP contribution < -0.4 is 10.5 Å². The summed E-state index contributed by atoms with van der Waals surface area (Å²) < 4.78 is 5.53. The molecule has 0 saturated heterocycles. The van der Waals surface area contributed by atoms with Crippen molar-refractivity contribution in [1.29, 1.82) is 0 Å². The minimum absolute atomic E-state index is 0.0316. The zero-order valence-electron chi connectivity index (χ0n) is 9.73. The van der Waals surface area contributed by atoms with Crippen LogP contribution >= 0.6 is 0 Å². The Morgan fingerprint density at radius 3 is 2.60 bits per heavy atom. The van der Waals surface area contributed by atoms with Crippen LogP contribution in [0.2, 0.25) is 0 Å². The van der Waals surface area contributed by atoms with E-state index in [0.717, 1.165) is 24.5 Å². The Labute approximate surface area is 91.7 Å². The van der Waals surface area contributed by atoms with Crippen molar-refractivity contribution in [3.05, 3.63) is 24.0 Å². The van der Waals surface area contributed by atoms with Crippen LogP contribution in [0.25, 0.3) is 0 Å². The zero-order chi connectivity index (χ0) is 11.3. The molecule has 1 aromatic rings. The normalized spacial score (nSPS) is 12.9. The molecular weight excluding hydrogens is 188 g/mol. The summed E-state index contributed by atoms with van der Waals surface area (Å²) in [6.07, 6.45) is 2.65. The summed E-state index contributed by atoms with van der Waals surface area (Å²) in [7, 11) is 0. The Morgan fingerprint density at radius 2 is 2.13 bits per heavy atom. The predicted molar refractivity (Wildman–Crippen MR) is 61.8 cm³/mol. The van der Waals surface area contributed by atoms with Gasteiger partial charge in [0, 0.05) is 6.04 Å². The second-order valence-corrected chi connectivity index (χ2v) is 4.14. The van der Waals surface area contributed by atoms with Crippen LogP contribution in [0, 0.1) is 5.92 Å². The Balaban J connectivity index is 2.56. The monoisotopic (exact) mass is 208 g/mol. The van der Waals surface area contributed by atoms with E-state index in [4.69, 9.17) is 10.5 Å². The molecule has 0 amide bonds. The average Bonchev–Trinajstić information content (AvgIpc) is 2.26. The second kappa shape index (κ2) is 5.71. The Hall–Kier alpha value is -1.09. The van der Waals surface area contributed by atoms with Crippen molar-refractivity contribution in [2.75, 3.05) is 6.61 Å². The van der Waals surface area contributed by atoms with Gasteiger partial charge in [0.2, 0.25) is 0 Å². The smallest absolute Gasteiger partial charge is 0.137 e. The van der Waals surface area contributed by atoms with E-state index < -0.39 is 0 Å². The lowest BCUT2D eigenvalue weighted by Gasteiger charge is -2.10. The molecule has 0 aliphatic rings. The van der Waals surface area contributed by atoms with Gasteiger partial charge in [0.25, 0.3) is 0 Å². The topological polar surface area (TPSA) is 48.1 Å². The number of aromatic nitrogens is 1. The van der Waals surface area contributed by atoms with Gasteiger partial charge in [-0.1, -0.05) is 20.8 Å². The molecule has 1 heterocycles. The van der Waals surface area contributed by atoms with Crippen molar-refractivity contribution in [2.24, 2.45) is 11.7 Å². The van der Waals surface area contributed by atoms with Gasteiger partial charge in [-0.3, -0.25) is 4.98 Å². The minimum atomic E-state index is 0.0316. The Morgan fingerprint density at radius 1 is 1.40 bits per heavy atom. The second-order valence-electron chi connectivity index (χ2n) is 4.14. The highest BCUT2D eigenvalue weighted by Gasteiger charge is 2.04. The minimum Gasteiger partial charge on any atom is -0.492 e. The summed E-state index contributed by atoms with van der Waals surface area (Å²) in [6, 6.07) is 3.90. The summed E-state index contributed by atoms with van der Waals surface area (Å²) in [5, 5.41) is 0. The lowest BCUT2D eigenvalue weighted by Crippen LogP contribution is -2.10. The fourth-order valence-electron chi connectivity index (χ4n) is 1.17. The summed E-state index contributed by atoms with van der Waals surface area (Å²) >= 11 is 0. The van der Waals surface area contributed by atoms with Gasteiger partial charge in [-0.25, -0.2) is 0 Å². The average molecular weight is 208 g/mol. The highest BCUT2D eigenvalue weighted by atomic mass is 16.5. The van der Waals surface area contributed by atoms with Crippen LogP contribution in [0.4, 0.5) is 0 Å². The molecule has 0 saturated carbocycles. The molecule has 3 heteroatoms. The number of hydrogen-bond donors (Lipinski definition) is 1. The van der Waals surface area contributed by atoms with E-state index in [0.29, 0.717) is 5.92 Å². The number of nitrogens with two attached hydrogens (primary N) is 1. The lowest BCUT2D eigenvalue weighted by molar-refractivity contribution is 0.270. The molecule has 3 nitrogen and oxygen atoms in total. The molecule has 0 spiro atoms. The summed E-state index contributed by atoms with van der Waals surface area (Å²) in [5.41, 5.74) is 6.79. The van der Waals surface area contributed by atoms with E-state index in [1.54, 1.807) is 6.20 Å². The van der Waals surface area contributed by atoms with Crippen molar-refractivity contribution >= 4 is 0 Å². The number of rotatable bonds is 5. The molecule has 0 aromatic carbocycles. The standard InChI is InChI=1S/C12H20N2O/c1-4-11(13)12-6-5-10(7-14-12)15-8-9(2)3/h5-7,9,11H,4,8,13H2,1-3H3/t11-/m1/s1. The quantitative estimate of drug-likeness (QED) is 0.808. The molecule has 1 aromatic heterocycles. The van der Waals surface area contributed by atoms with Crippen molar-refractivity contribution in [1.82, 2.24) is 4.98 Å². The first-order chi connectivity index (χ1) is 7.13. The molecule has 0 fully saturated rings. The number of pyridine rings is 1. The molecular formula is C12H20N2O. The van der Waals surface area contributed by atoms with E-state index in [-0.39, 0.29) is 6.04 Å². The van der Waals surface area contributed by atoms with Crippen molar-refractivity contribution in [2.45, 2.75) is 33.2 Å². The fraction of sp³-hybridized carbons (Fsp3) is 0.583. The van der Waals surface area contributed by atoms with E-state index in [9.17, 15) is 0 Å². The first kappa shape index (κ1) is 12.0. The third-order valence-corrected chi connectivity index (χ3v) is 2.16. The van der Waals surface area contributed by atoms with Gasteiger partial charge in [-0.2, -0.15) is 0 Å². The third-order valence-electron chi connectivity index (χ3n) is 2.16. The first-order valence-corrected chi connectivity index (χ1v) is 5.47. The largest absolute Gasteiger partial charge is 0.492 e. The van der Waals surface area contributed by atoms with Crippen molar-refractivity contribution in [3.8, 4) is 5.75 Å².